The molecule has 0 atom stereocenters. The molecule has 2 aromatic carbocycles. The van der Waals surface area contributed by atoms with E-state index < -0.39 is 0 Å². The second kappa shape index (κ2) is 7.55. The minimum atomic E-state index is -0.0787. The largest absolute Gasteiger partial charge is 0.496 e. The summed E-state index contributed by atoms with van der Waals surface area (Å²) in [6.07, 6.45) is 4.96. The molecule has 146 valence electrons. The molecule has 1 aliphatic carbocycles. The number of carbonyl (C=O) groups excluding carboxylic acids is 1. The van der Waals surface area contributed by atoms with Crippen molar-refractivity contribution in [3.63, 3.8) is 0 Å². The SMILES string of the molecule is CNC(=O)c1ccc(C2=CCc3ncc(-c4cc(C)c(C)c(OC)c4)cc32)cc1. The molecule has 0 saturated heterocycles. The fourth-order valence-corrected chi connectivity index (χ4v) is 3.78. The summed E-state index contributed by atoms with van der Waals surface area (Å²) in [6.45, 7) is 4.17. The van der Waals surface area contributed by atoms with Gasteiger partial charge in [0.15, 0.2) is 0 Å². The summed E-state index contributed by atoms with van der Waals surface area (Å²) in [4.78, 5) is 16.5. The van der Waals surface area contributed by atoms with E-state index >= 15 is 0 Å². The quantitative estimate of drug-likeness (QED) is 0.708. The van der Waals surface area contributed by atoms with E-state index in [0.29, 0.717) is 5.56 Å². The number of aromatic nitrogens is 1. The standard InChI is InChI=1S/C25H24N2O2/c1-15-11-19(13-24(29-4)16(15)2)20-12-22-21(9-10-23(22)27-14-20)17-5-7-18(8-6-17)25(28)26-3/h5-9,11-14H,10H2,1-4H3,(H,26,28). The van der Waals surface area contributed by atoms with Crippen LogP contribution in [0.15, 0.2) is 54.7 Å². The van der Waals surface area contributed by atoms with Crippen molar-refractivity contribution in [1.82, 2.24) is 10.3 Å². The van der Waals surface area contributed by atoms with Crippen LogP contribution in [0.1, 0.15) is 38.3 Å². The molecule has 1 aliphatic rings. The molecule has 4 rings (SSSR count). The Kier molecular flexibility index (Phi) is 4.93. The first-order valence-corrected chi connectivity index (χ1v) is 9.69. The Labute approximate surface area is 171 Å². The predicted molar refractivity (Wildman–Crippen MR) is 116 cm³/mol. The van der Waals surface area contributed by atoms with Crippen LogP contribution in [-0.2, 0) is 6.42 Å². The number of ether oxygens (including phenoxy) is 1. The number of aryl methyl sites for hydroxylation is 1. The van der Waals surface area contributed by atoms with Gasteiger partial charge in [-0.05, 0) is 65.9 Å². The third-order valence-corrected chi connectivity index (χ3v) is 5.62. The molecule has 0 radical (unpaired) electrons. The molecule has 4 heteroatoms. The monoisotopic (exact) mass is 384 g/mol. The highest BCUT2D eigenvalue weighted by molar-refractivity contribution is 5.95. The lowest BCUT2D eigenvalue weighted by atomic mass is 9.95. The Hall–Kier alpha value is -3.40. The molecule has 1 aromatic heterocycles. The fourth-order valence-electron chi connectivity index (χ4n) is 3.78. The van der Waals surface area contributed by atoms with Gasteiger partial charge < -0.3 is 10.1 Å². The Morgan fingerprint density at radius 2 is 1.79 bits per heavy atom. The van der Waals surface area contributed by atoms with Gasteiger partial charge in [0.05, 0.1) is 12.8 Å². The Morgan fingerprint density at radius 1 is 1.03 bits per heavy atom. The molecule has 29 heavy (non-hydrogen) atoms. The number of carbonyl (C=O) groups is 1. The van der Waals surface area contributed by atoms with E-state index in [-0.39, 0.29) is 5.91 Å². The maximum absolute atomic E-state index is 11.8. The summed E-state index contributed by atoms with van der Waals surface area (Å²) >= 11 is 0. The Balaban J connectivity index is 1.72. The molecule has 0 saturated carbocycles. The lowest BCUT2D eigenvalue weighted by molar-refractivity contribution is 0.0963. The molecule has 1 amide bonds. The average Bonchev–Trinajstić information content (AvgIpc) is 3.18. The number of pyridine rings is 1. The van der Waals surface area contributed by atoms with Crippen LogP contribution in [0.3, 0.4) is 0 Å². The zero-order valence-corrected chi connectivity index (χ0v) is 17.2. The number of fused-ring (bicyclic) bond motifs is 1. The van der Waals surface area contributed by atoms with E-state index in [1.54, 1.807) is 14.2 Å². The molecule has 4 nitrogen and oxygen atoms in total. The fraction of sp³-hybridized carbons (Fsp3) is 0.200. The van der Waals surface area contributed by atoms with Crippen molar-refractivity contribution >= 4 is 11.5 Å². The normalized spacial score (nSPS) is 12.3. The van der Waals surface area contributed by atoms with E-state index in [2.05, 4.69) is 43.4 Å². The van der Waals surface area contributed by atoms with E-state index in [4.69, 9.17) is 9.72 Å². The maximum atomic E-state index is 11.8. The lowest BCUT2D eigenvalue weighted by Gasteiger charge is -2.13. The number of amides is 1. The number of allylic oxidation sites excluding steroid dienone is 1. The minimum absolute atomic E-state index is 0.0787. The van der Waals surface area contributed by atoms with Gasteiger partial charge in [0.1, 0.15) is 5.75 Å². The van der Waals surface area contributed by atoms with E-state index in [1.807, 2.05) is 30.5 Å². The second-order valence-electron chi connectivity index (χ2n) is 7.32. The first kappa shape index (κ1) is 18.9. The topological polar surface area (TPSA) is 51.2 Å². The van der Waals surface area contributed by atoms with Gasteiger partial charge >= 0.3 is 0 Å². The molecule has 0 fully saturated rings. The average molecular weight is 384 g/mol. The third-order valence-electron chi connectivity index (χ3n) is 5.62. The molecule has 0 bridgehead atoms. The molecule has 3 aromatic rings. The summed E-state index contributed by atoms with van der Waals surface area (Å²) < 4.78 is 5.55. The third kappa shape index (κ3) is 3.42. The molecule has 0 spiro atoms. The van der Waals surface area contributed by atoms with E-state index in [9.17, 15) is 4.79 Å². The predicted octanol–water partition coefficient (Wildman–Crippen LogP) is 4.72. The summed E-state index contributed by atoms with van der Waals surface area (Å²) in [7, 11) is 3.34. The molecule has 1 heterocycles. The van der Waals surface area contributed by atoms with Crippen molar-refractivity contribution in [1.29, 1.82) is 0 Å². The van der Waals surface area contributed by atoms with Crippen LogP contribution < -0.4 is 10.1 Å². The van der Waals surface area contributed by atoms with Gasteiger partial charge in [-0.1, -0.05) is 24.3 Å². The van der Waals surface area contributed by atoms with Gasteiger partial charge in [0.2, 0.25) is 0 Å². The first-order chi connectivity index (χ1) is 14.0. The van der Waals surface area contributed by atoms with Gasteiger partial charge in [0.25, 0.3) is 5.91 Å². The molecular formula is C25H24N2O2. The second-order valence-corrected chi connectivity index (χ2v) is 7.32. The smallest absolute Gasteiger partial charge is 0.251 e. The summed E-state index contributed by atoms with van der Waals surface area (Å²) in [6, 6.07) is 14.2. The summed E-state index contributed by atoms with van der Waals surface area (Å²) in [5, 5.41) is 2.66. The number of nitrogens with zero attached hydrogens (tertiary/aromatic N) is 1. The van der Waals surface area contributed by atoms with Crippen LogP contribution in [0.5, 0.6) is 5.75 Å². The zero-order chi connectivity index (χ0) is 20.5. The number of benzene rings is 2. The van der Waals surface area contributed by atoms with Crippen molar-refractivity contribution in [3.05, 3.63) is 88.2 Å². The first-order valence-electron chi connectivity index (χ1n) is 9.69. The summed E-state index contributed by atoms with van der Waals surface area (Å²) in [5.41, 5.74) is 9.65. The van der Waals surface area contributed by atoms with Crippen molar-refractivity contribution in [3.8, 4) is 16.9 Å². The van der Waals surface area contributed by atoms with Crippen LogP contribution in [0, 0.1) is 13.8 Å². The Bertz CT molecular complexity index is 1130. The Morgan fingerprint density at radius 3 is 2.48 bits per heavy atom. The zero-order valence-electron chi connectivity index (χ0n) is 17.2. The highest BCUT2D eigenvalue weighted by Gasteiger charge is 2.19. The number of methoxy groups -OCH3 is 1. The van der Waals surface area contributed by atoms with Crippen LogP contribution in [-0.4, -0.2) is 25.0 Å². The number of nitrogens with one attached hydrogen (secondary N) is 1. The van der Waals surface area contributed by atoms with Crippen LogP contribution in [0.2, 0.25) is 0 Å². The van der Waals surface area contributed by atoms with Crippen molar-refractivity contribution in [2.45, 2.75) is 20.3 Å². The summed E-state index contributed by atoms with van der Waals surface area (Å²) in [5.74, 6) is 0.811. The lowest BCUT2D eigenvalue weighted by Crippen LogP contribution is -2.17. The maximum Gasteiger partial charge on any atom is 0.251 e. The number of hydrogen-bond acceptors (Lipinski definition) is 3. The van der Waals surface area contributed by atoms with Crippen molar-refractivity contribution in [2.24, 2.45) is 0 Å². The number of hydrogen-bond donors (Lipinski definition) is 1. The van der Waals surface area contributed by atoms with Gasteiger partial charge in [0, 0.05) is 36.4 Å². The number of rotatable bonds is 4. The van der Waals surface area contributed by atoms with Crippen molar-refractivity contribution < 1.29 is 9.53 Å². The van der Waals surface area contributed by atoms with E-state index in [1.165, 1.54) is 5.56 Å². The van der Waals surface area contributed by atoms with Crippen LogP contribution >= 0.6 is 0 Å². The highest BCUT2D eigenvalue weighted by atomic mass is 16.5. The van der Waals surface area contributed by atoms with Gasteiger partial charge in [-0.25, -0.2) is 0 Å². The van der Waals surface area contributed by atoms with Gasteiger partial charge in [-0.15, -0.1) is 0 Å². The molecule has 0 aliphatic heterocycles. The molecular weight excluding hydrogens is 360 g/mol. The molecule has 1 N–H and O–H groups in total. The van der Waals surface area contributed by atoms with Crippen molar-refractivity contribution in [2.75, 3.05) is 14.2 Å². The van der Waals surface area contributed by atoms with Crippen LogP contribution in [0.4, 0.5) is 0 Å². The van der Waals surface area contributed by atoms with Gasteiger partial charge in [-0.2, -0.15) is 0 Å². The van der Waals surface area contributed by atoms with Crippen LogP contribution in [0.25, 0.3) is 16.7 Å². The van der Waals surface area contributed by atoms with E-state index in [0.717, 1.165) is 51.3 Å². The van der Waals surface area contributed by atoms with Gasteiger partial charge in [-0.3, -0.25) is 9.78 Å². The highest BCUT2D eigenvalue weighted by Crippen LogP contribution is 2.36. The minimum Gasteiger partial charge on any atom is -0.496 e. The molecule has 0 unspecified atom stereocenters.